The Hall–Kier alpha value is -3.03. The Morgan fingerprint density at radius 2 is 2.00 bits per heavy atom. The van der Waals surface area contributed by atoms with Crippen LogP contribution in [0.1, 0.15) is 23.6 Å². The number of aromatic nitrogens is 1. The van der Waals surface area contributed by atoms with Gasteiger partial charge in [0, 0.05) is 24.2 Å². The van der Waals surface area contributed by atoms with Crippen LogP contribution < -0.4 is 10.6 Å². The number of nitrogens with zero attached hydrogens (tertiary/aromatic N) is 2. The highest BCUT2D eigenvalue weighted by molar-refractivity contribution is 5.95. The number of aryl methyl sites for hydroxylation is 1. The zero-order chi connectivity index (χ0) is 21.2. The molecule has 2 heterocycles. The molecule has 1 amide bonds. The molecule has 1 atom stereocenters. The van der Waals surface area contributed by atoms with Crippen LogP contribution >= 0.6 is 0 Å². The number of halogens is 1. The largest absolute Gasteiger partial charge is 0.379 e. The monoisotopic (exact) mass is 420 g/mol. The predicted molar refractivity (Wildman–Crippen MR) is 119 cm³/mol. The van der Waals surface area contributed by atoms with Gasteiger partial charge in [-0.1, -0.05) is 6.07 Å². The highest BCUT2D eigenvalue weighted by atomic mass is 19.1. The number of carbonyl (C=O) groups is 1. The van der Waals surface area contributed by atoms with Crippen molar-refractivity contribution < 1.29 is 13.9 Å². The SMILES string of the molecule is O=C(CN1CCOCC1)Nc1ccc2nc(NC3CCc4cc(F)ccc43)ccc2c1. The first kappa shape index (κ1) is 19.9. The maximum atomic E-state index is 13.5. The van der Waals surface area contributed by atoms with E-state index < -0.39 is 0 Å². The molecule has 6 nitrogen and oxygen atoms in total. The lowest BCUT2D eigenvalue weighted by Gasteiger charge is -2.25. The first-order chi connectivity index (χ1) is 15.1. The van der Waals surface area contributed by atoms with Crippen molar-refractivity contribution in [2.75, 3.05) is 43.5 Å². The van der Waals surface area contributed by atoms with E-state index in [2.05, 4.69) is 15.5 Å². The third-order valence-electron chi connectivity index (χ3n) is 5.95. The van der Waals surface area contributed by atoms with Gasteiger partial charge in [-0.3, -0.25) is 9.69 Å². The normalized spacial score (nSPS) is 18.7. The van der Waals surface area contributed by atoms with Crippen molar-refractivity contribution in [3.05, 3.63) is 65.5 Å². The second-order valence-electron chi connectivity index (χ2n) is 8.12. The number of benzene rings is 2. The number of morpholine rings is 1. The Kier molecular flexibility index (Phi) is 5.53. The highest BCUT2D eigenvalue weighted by Gasteiger charge is 2.23. The molecule has 0 saturated carbocycles. The lowest BCUT2D eigenvalue weighted by molar-refractivity contribution is -0.118. The Bertz CT molecular complexity index is 1110. The average Bonchev–Trinajstić information content (AvgIpc) is 3.16. The van der Waals surface area contributed by atoms with E-state index in [0.717, 1.165) is 59.5 Å². The number of carbonyl (C=O) groups excluding carboxylic acids is 1. The summed E-state index contributed by atoms with van der Waals surface area (Å²) in [6.07, 6.45) is 1.79. The van der Waals surface area contributed by atoms with E-state index in [4.69, 9.17) is 9.72 Å². The summed E-state index contributed by atoms with van der Waals surface area (Å²) in [4.78, 5) is 19.2. The summed E-state index contributed by atoms with van der Waals surface area (Å²) in [5.41, 5.74) is 3.82. The zero-order valence-corrected chi connectivity index (χ0v) is 17.2. The highest BCUT2D eigenvalue weighted by Crippen LogP contribution is 2.34. The summed E-state index contributed by atoms with van der Waals surface area (Å²) in [6.45, 7) is 3.29. The number of pyridine rings is 1. The maximum absolute atomic E-state index is 13.5. The molecule has 1 fully saturated rings. The van der Waals surface area contributed by atoms with Crippen LogP contribution in [-0.4, -0.2) is 48.6 Å². The summed E-state index contributed by atoms with van der Waals surface area (Å²) < 4.78 is 18.8. The number of hydrogen-bond donors (Lipinski definition) is 2. The van der Waals surface area contributed by atoms with E-state index in [1.54, 1.807) is 6.07 Å². The van der Waals surface area contributed by atoms with Gasteiger partial charge < -0.3 is 15.4 Å². The summed E-state index contributed by atoms with van der Waals surface area (Å²) in [5.74, 6) is 0.582. The molecule has 1 aliphatic carbocycles. The minimum Gasteiger partial charge on any atom is -0.379 e. The van der Waals surface area contributed by atoms with E-state index in [0.29, 0.717) is 19.8 Å². The zero-order valence-electron chi connectivity index (χ0n) is 17.2. The quantitative estimate of drug-likeness (QED) is 0.658. The van der Waals surface area contributed by atoms with Gasteiger partial charge in [0.2, 0.25) is 5.91 Å². The minimum atomic E-state index is -0.184. The molecule has 2 aromatic carbocycles. The second kappa shape index (κ2) is 8.61. The lowest BCUT2D eigenvalue weighted by Crippen LogP contribution is -2.41. The first-order valence-corrected chi connectivity index (χ1v) is 10.7. The molecular weight excluding hydrogens is 395 g/mol. The van der Waals surface area contributed by atoms with Crippen molar-refractivity contribution >= 4 is 28.3 Å². The fourth-order valence-electron chi connectivity index (χ4n) is 4.36. The van der Waals surface area contributed by atoms with Crippen LogP contribution in [0.15, 0.2) is 48.5 Å². The number of amides is 1. The molecule has 160 valence electrons. The smallest absolute Gasteiger partial charge is 0.238 e. The minimum absolute atomic E-state index is 0.0242. The molecule has 0 bridgehead atoms. The van der Waals surface area contributed by atoms with Crippen molar-refractivity contribution in [3.8, 4) is 0 Å². The molecule has 0 spiro atoms. The number of rotatable bonds is 5. The third kappa shape index (κ3) is 4.52. The average molecular weight is 420 g/mol. The molecule has 3 aromatic rings. The van der Waals surface area contributed by atoms with Crippen molar-refractivity contribution in [1.29, 1.82) is 0 Å². The van der Waals surface area contributed by atoms with Gasteiger partial charge in [-0.15, -0.1) is 0 Å². The lowest BCUT2D eigenvalue weighted by atomic mass is 10.1. The fourth-order valence-corrected chi connectivity index (χ4v) is 4.36. The van der Waals surface area contributed by atoms with Gasteiger partial charge in [0.15, 0.2) is 0 Å². The third-order valence-corrected chi connectivity index (χ3v) is 5.95. The van der Waals surface area contributed by atoms with E-state index >= 15 is 0 Å². The van der Waals surface area contributed by atoms with Gasteiger partial charge in [-0.05, 0) is 66.4 Å². The topological polar surface area (TPSA) is 66.5 Å². The number of nitrogens with one attached hydrogen (secondary N) is 2. The van der Waals surface area contributed by atoms with Crippen LogP contribution in [-0.2, 0) is 16.0 Å². The molecule has 1 aliphatic heterocycles. The van der Waals surface area contributed by atoms with Crippen LogP contribution in [0, 0.1) is 5.82 Å². The van der Waals surface area contributed by atoms with Crippen molar-refractivity contribution in [1.82, 2.24) is 9.88 Å². The van der Waals surface area contributed by atoms with Gasteiger partial charge >= 0.3 is 0 Å². The van der Waals surface area contributed by atoms with Gasteiger partial charge in [0.25, 0.3) is 0 Å². The molecule has 2 N–H and O–H groups in total. The molecule has 1 saturated heterocycles. The van der Waals surface area contributed by atoms with Gasteiger partial charge in [0.05, 0.1) is 31.3 Å². The van der Waals surface area contributed by atoms with E-state index in [-0.39, 0.29) is 17.8 Å². The summed E-state index contributed by atoms with van der Waals surface area (Å²) >= 11 is 0. The molecule has 1 aromatic heterocycles. The van der Waals surface area contributed by atoms with Crippen LogP contribution in [0.25, 0.3) is 10.9 Å². The van der Waals surface area contributed by atoms with Crippen molar-refractivity contribution in [2.24, 2.45) is 0 Å². The van der Waals surface area contributed by atoms with Crippen molar-refractivity contribution in [3.63, 3.8) is 0 Å². The summed E-state index contributed by atoms with van der Waals surface area (Å²) in [7, 11) is 0. The Balaban J connectivity index is 1.25. The van der Waals surface area contributed by atoms with Crippen LogP contribution in [0.2, 0.25) is 0 Å². The molecule has 7 heteroatoms. The van der Waals surface area contributed by atoms with Crippen LogP contribution in [0.3, 0.4) is 0 Å². The van der Waals surface area contributed by atoms with Gasteiger partial charge in [0.1, 0.15) is 11.6 Å². The van der Waals surface area contributed by atoms with Crippen LogP contribution in [0.4, 0.5) is 15.9 Å². The van der Waals surface area contributed by atoms with Crippen LogP contribution in [0.5, 0.6) is 0 Å². The summed E-state index contributed by atoms with van der Waals surface area (Å²) in [6, 6.07) is 14.8. The maximum Gasteiger partial charge on any atom is 0.238 e. The first-order valence-electron chi connectivity index (χ1n) is 10.7. The Morgan fingerprint density at radius 1 is 1.13 bits per heavy atom. The molecule has 2 aliphatic rings. The Morgan fingerprint density at radius 3 is 2.87 bits per heavy atom. The number of anilines is 2. The molecular formula is C24H25FN4O2. The van der Waals surface area contributed by atoms with Gasteiger partial charge in [-0.2, -0.15) is 0 Å². The standard InChI is InChI=1S/C24H25FN4O2/c25-18-3-5-20-16(13-18)1-6-22(20)28-23-8-2-17-14-19(4-7-21(17)27-23)26-24(30)15-29-9-11-31-12-10-29/h2-5,7-8,13-14,22H,1,6,9-12,15H2,(H,26,30)(H,27,28). The molecule has 0 radical (unpaired) electrons. The summed E-state index contributed by atoms with van der Waals surface area (Å²) in [5, 5.41) is 7.42. The number of fused-ring (bicyclic) bond motifs is 2. The van der Waals surface area contributed by atoms with E-state index in [1.807, 2.05) is 36.4 Å². The van der Waals surface area contributed by atoms with Gasteiger partial charge in [-0.25, -0.2) is 9.37 Å². The van der Waals surface area contributed by atoms with E-state index in [1.165, 1.54) is 6.07 Å². The van der Waals surface area contributed by atoms with E-state index in [9.17, 15) is 9.18 Å². The fraction of sp³-hybridized carbons (Fsp3) is 0.333. The predicted octanol–water partition coefficient (Wildman–Crippen LogP) is 3.74. The molecule has 5 rings (SSSR count). The molecule has 31 heavy (non-hydrogen) atoms. The Labute approximate surface area is 180 Å². The second-order valence-corrected chi connectivity index (χ2v) is 8.12. The van der Waals surface area contributed by atoms with Crippen molar-refractivity contribution in [2.45, 2.75) is 18.9 Å². The number of hydrogen-bond acceptors (Lipinski definition) is 5. The molecule has 1 unspecified atom stereocenters. The number of ether oxygens (including phenoxy) is 1.